The molecule has 0 aliphatic carbocycles. The molecule has 1 aromatic carbocycles. The smallest absolute Gasteiger partial charge is 0.237 e. The lowest BCUT2D eigenvalue weighted by atomic mass is 10.2. The van der Waals surface area contributed by atoms with E-state index in [1.807, 2.05) is 12.3 Å². The second kappa shape index (κ2) is 4.15. The van der Waals surface area contributed by atoms with E-state index in [1.165, 1.54) is 0 Å². The van der Waals surface area contributed by atoms with E-state index >= 15 is 0 Å². The highest BCUT2D eigenvalue weighted by Crippen LogP contribution is 2.24. The molecule has 5 heteroatoms. The van der Waals surface area contributed by atoms with Crippen molar-refractivity contribution < 1.29 is 4.79 Å². The minimum Gasteiger partial charge on any atom is -0.368 e. The molecule has 0 radical (unpaired) electrons. The van der Waals surface area contributed by atoms with Crippen molar-refractivity contribution in [2.75, 3.05) is 0 Å². The van der Waals surface area contributed by atoms with E-state index < -0.39 is 0 Å². The fourth-order valence-electron chi connectivity index (χ4n) is 1.80. The lowest BCUT2D eigenvalue weighted by molar-refractivity contribution is -0.118. The average Bonchev–Trinajstić information content (AvgIpc) is 2.55. The van der Waals surface area contributed by atoms with Crippen molar-refractivity contribution in [1.29, 1.82) is 0 Å². The Hall–Kier alpha value is -1.52. The predicted molar refractivity (Wildman–Crippen MR) is 64.0 cm³/mol. The Morgan fingerprint density at radius 1 is 1.44 bits per heavy atom. The van der Waals surface area contributed by atoms with Gasteiger partial charge in [0.2, 0.25) is 5.91 Å². The molecule has 0 atom stereocenters. The number of nitrogens with two attached hydrogens (primary N) is 2. The zero-order valence-corrected chi connectivity index (χ0v) is 9.37. The van der Waals surface area contributed by atoms with Gasteiger partial charge in [0.1, 0.15) is 6.54 Å². The molecule has 0 spiro atoms. The molecule has 2 rings (SSSR count). The summed E-state index contributed by atoms with van der Waals surface area (Å²) in [4.78, 5) is 10.9. The monoisotopic (exact) mass is 237 g/mol. The molecule has 2 aromatic rings. The quantitative estimate of drug-likeness (QED) is 0.843. The maximum absolute atomic E-state index is 10.9. The highest BCUT2D eigenvalue weighted by Gasteiger charge is 2.09. The van der Waals surface area contributed by atoms with Crippen LogP contribution in [-0.4, -0.2) is 10.5 Å². The van der Waals surface area contributed by atoms with E-state index in [2.05, 4.69) is 0 Å². The molecule has 16 heavy (non-hydrogen) atoms. The van der Waals surface area contributed by atoms with Crippen molar-refractivity contribution in [3.63, 3.8) is 0 Å². The van der Waals surface area contributed by atoms with Crippen LogP contribution in [0.1, 0.15) is 5.56 Å². The summed E-state index contributed by atoms with van der Waals surface area (Å²) in [5.41, 5.74) is 12.7. The Morgan fingerprint density at radius 3 is 2.81 bits per heavy atom. The largest absolute Gasteiger partial charge is 0.368 e. The summed E-state index contributed by atoms with van der Waals surface area (Å²) in [5, 5.41) is 1.63. The number of halogens is 1. The van der Waals surface area contributed by atoms with Gasteiger partial charge in [-0.2, -0.15) is 0 Å². The maximum Gasteiger partial charge on any atom is 0.237 e. The Labute approximate surface area is 97.8 Å². The highest BCUT2D eigenvalue weighted by molar-refractivity contribution is 6.31. The first kappa shape index (κ1) is 11.0. The van der Waals surface area contributed by atoms with E-state index in [1.54, 1.807) is 16.7 Å². The Morgan fingerprint density at radius 2 is 2.19 bits per heavy atom. The Balaban J connectivity index is 2.63. The molecule has 4 N–H and O–H groups in total. The average molecular weight is 238 g/mol. The summed E-state index contributed by atoms with van der Waals surface area (Å²) in [6, 6.07) is 5.51. The van der Waals surface area contributed by atoms with Gasteiger partial charge in [-0.1, -0.05) is 17.7 Å². The fraction of sp³-hybridized carbons (Fsp3) is 0.182. The third-order valence-corrected chi connectivity index (χ3v) is 2.71. The Bertz CT molecular complexity index is 547. The number of nitrogens with zero attached hydrogens (tertiary/aromatic N) is 1. The van der Waals surface area contributed by atoms with Gasteiger partial charge in [-0.25, -0.2) is 0 Å². The molecule has 4 nitrogen and oxygen atoms in total. The second-order valence-corrected chi connectivity index (χ2v) is 4.05. The molecule has 0 fully saturated rings. The predicted octanol–water partition coefficient (Wildman–Crippen LogP) is 1.24. The van der Waals surface area contributed by atoms with Crippen molar-refractivity contribution in [2.45, 2.75) is 13.1 Å². The van der Waals surface area contributed by atoms with E-state index in [9.17, 15) is 4.79 Å². The zero-order valence-electron chi connectivity index (χ0n) is 8.61. The number of fused-ring (bicyclic) bond motifs is 1. The van der Waals surface area contributed by atoms with E-state index in [4.69, 9.17) is 23.1 Å². The minimum absolute atomic E-state index is 0.136. The van der Waals surface area contributed by atoms with Crippen LogP contribution in [0.3, 0.4) is 0 Å². The van der Waals surface area contributed by atoms with Crippen LogP contribution in [0.4, 0.5) is 0 Å². The molecule has 0 aliphatic heterocycles. The molecular weight excluding hydrogens is 226 g/mol. The number of carbonyl (C=O) groups excluding carboxylic acids is 1. The summed E-state index contributed by atoms with van der Waals surface area (Å²) in [6.45, 7) is 0.556. The van der Waals surface area contributed by atoms with Crippen molar-refractivity contribution in [1.82, 2.24) is 4.57 Å². The molecule has 0 bridgehead atoms. The van der Waals surface area contributed by atoms with Crippen LogP contribution in [0.5, 0.6) is 0 Å². The van der Waals surface area contributed by atoms with Crippen molar-refractivity contribution in [3.8, 4) is 0 Å². The summed E-state index contributed by atoms with van der Waals surface area (Å²) < 4.78 is 1.77. The first-order valence-electron chi connectivity index (χ1n) is 4.87. The third kappa shape index (κ3) is 1.89. The molecule has 1 aromatic heterocycles. The number of amides is 1. The molecule has 1 heterocycles. The second-order valence-electron chi connectivity index (χ2n) is 3.61. The van der Waals surface area contributed by atoms with Gasteiger partial charge in [-0.3, -0.25) is 4.79 Å². The fourth-order valence-corrected chi connectivity index (χ4v) is 1.97. The van der Waals surface area contributed by atoms with Crippen LogP contribution < -0.4 is 11.5 Å². The van der Waals surface area contributed by atoms with Gasteiger partial charge >= 0.3 is 0 Å². The van der Waals surface area contributed by atoms with E-state index in [0.29, 0.717) is 11.6 Å². The summed E-state index contributed by atoms with van der Waals surface area (Å²) in [5.74, 6) is -0.388. The highest BCUT2D eigenvalue weighted by atomic mass is 35.5. The molecule has 0 saturated carbocycles. The van der Waals surface area contributed by atoms with Crippen molar-refractivity contribution >= 4 is 28.4 Å². The van der Waals surface area contributed by atoms with Crippen LogP contribution in [0.15, 0.2) is 24.4 Å². The van der Waals surface area contributed by atoms with Crippen LogP contribution in [0, 0.1) is 0 Å². The number of aromatic nitrogens is 1. The molecule has 0 unspecified atom stereocenters. The minimum atomic E-state index is -0.388. The summed E-state index contributed by atoms with van der Waals surface area (Å²) >= 11 is 5.92. The molecular formula is C11H12ClN3O. The van der Waals surface area contributed by atoms with Gasteiger partial charge in [0, 0.05) is 23.2 Å². The number of carbonyl (C=O) groups is 1. The third-order valence-electron chi connectivity index (χ3n) is 2.47. The summed E-state index contributed by atoms with van der Waals surface area (Å²) in [7, 11) is 0. The molecule has 1 amide bonds. The SMILES string of the molecule is NCc1cn(CC(N)=O)c2cc(Cl)ccc12. The van der Waals surface area contributed by atoms with Gasteiger partial charge in [0.15, 0.2) is 0 Å². The normalized spacial score (nSPS) is 10.9. The number of hydrogen-bond acceptors (Lipinski definition) is 2. The maximum atomic E-state index is 10.9. The topological polar surface area (TPSA) is 74.0 Å². The number of rotatable bonds is 3. The van der Waals surface area contributed by atoms with Gasteiger partial charge in [0.25, 0.3) is 0 Å². The first-order chi connectivity index (χ1) is 7.61. The van der Waals surface area contributed by atoms with Crippen molar-refractivity contribution in [2.24, 2.45) is 11.5 Å². The van der Waals surface area contributed by atoms with Crippen LogP contribution >= 0.6 is 11.6 Å². The van der Waals surface area contributed by atoms with Crippen LogP contribution in [-0.2, 0) is 17.9 Å². The number of primary amides is 1. The van der Waals surface area contributed by atoms with Crippen LogP contribution in [0.25, 0.3) is 10.9 Å². The van der Waals surface area contributed by atoms with Crippen molar-refractivity contribution in [3.05, 3.63) is 35.0 Å². The molecule has 0 aliphatic rings. The lowest BCUT2D eigenvalue weighted by Gasteiger charge is -2.01. The number of benzene rings is 1. The van der Waals surface area contributed by atoms with Gasteiger partial charge in [0.05, 0.1) is 5.52 Å². The standard InChI is InChI=1S/C11H12ClN3O/c12-8-1-2-9-7(4-13)5-15(6-11(14)16)10(9)3-8/h1-3,5H,4,6,13H2,(H2,14,16). The first-order valence-corrected chi connectivity index (χ1v) is 5.25. The zero-order chi connectivity index (χ0) is 11.7. The van der Waals surface area contributed by atoms with E-state index in [0.717, 1.165) is 16.5 Å². The Kier molecular flexibility index (Phi) is 2.85. The summed E-state index contributed by atoms with van der Waals surface area (Å²) in [6.07, 6.45) is 1.84. The van der Waals surface area contributed by atoms with E-state index in [-0.39, 0.29) is 12.5 Å². The number of hydrogen-bond donors (Lipinski definition) is 2. The lowest BCUT2D eigenvalue weighted by Crippen LogP contribution is -2.17. The van der Waals surface area contributed by atoms with Crippen LogP contribution in [0.2, 0.25) is 5.02 Å². The molecule has 0 saturated heterocycles. The van der Waals surface area contributed by atoms with Gasteiger partial charge in [-0.15, -0.1) is 0 Å². The molecule has 84 valence electrons. The van der Waals surface area contributed by atoms with Gasteiger partial charge in [-0.05, 0) is 17.7 Å². The van der Waals surface area contributed by atoms with Gasteiger partial charge < -0.3 is 16.0 Å².